The zero-order chi connectivity index (χ0) is 17.1. The zero-order valence-electron chi connectivity index (χ0n) is 14.2. The molecule has 1 atom stereocenters. The molecular weight excluding hydrogens is 388 g/mol. The van der Waals surface area contributed by atoms with E-state index in [1.165, 1.54) is 4.21 Å². The molecule has 1 aromatic carbocycles. The van der Waals surface area contributed by atoms with Gasteiger partial charge in [0, 0.05) is 29.3 Å². The van der Waals surface area contributed by atoms with E-state index in [0.29, 0.717) is 5.76 Å². The van der Waals surface area contributed by atoms with Crippen LogP contribution in [0.1, 0.15) is 29.0 Å². The summed E-state index contributed by atoms with van der Waals surface area (Å²) in [6, 6.07) is 12.2. The number of hydrogen-bond donors (Lipinski definition) is 2. The maximum atomic E-state index is 12.8. The van der Waals surface area contributed by atoms with Gasteiger partial charge in [0.1, 0.15) is 5.58 Å². The first-order valence-corrected chi connectivity index (χ1v) is 10.4. The molecule has 0 unspecified atom stereocenters. The molecule has 1 aliphatic rings. The second-order valence-corrected chi connectivity index (χ2v) is 8.37. The summed E-state index contributed by atoms with van der Waals surface area (Å²) in [5.41, 5.74) is 1.76. The topological polar surface area (TPSA) is 54.3 Å². The van der Waals surface area contributed by atoms with E-state index in [9.17, 15) is 4.79 Å². The number of benzene rings is 1. The second kappa shape index (κ2) is 8.95. The first-order valence-electron chi connectivity index (χ1n) is 8.49. The molecular formula is C19H21ClN2O2S2. The predicted molar refractivity (Wildman–Crippen MR) is 111 cm³/mol. The molecule has 0 aliphatic carbocycles. The van der Waals surface area contributed by atoms with Crippen LogP contribution in [0.25, 0.3) is 11.0 Å². The molecule has 1 fully saturated rings. The van der Waals surface area contributed by atoms with Crippen molar-refractivity contribution < 1.29 is 9.21 Å². The summed E-state index contributed by atoms with van der Waals surface area (Å²) in [7, 11) is 0. The highest BCUT2D eigenvalue weighted by atomic mass is 35.5. The number of carbonyl (C=O) groups is 1. The lowest BCUT2D eigenvalue weighted by Gasteiger charge is -2.23. The Morgan fingerprint density at radius 2 is 2.19 bits per heavy atom. The molecule has 0 bridgehead atoms. The highest BCUT2D eigenvalue weighted by Crippen LogP contribution is 2.33. The van der Waals surface area contributed by atoms with Crippen molar-refractivity contribution in [2.24, 2.45) is 0 Å². The summed E-state index contributed by atoms with van der Waals surface area (Å²) in [5.74, 6) is 1.07. The molecule has 0 saturated carbocycles. The summed E-state index contributed by atoms with van der Waals surface area (Å²) < 4.78 is 7.17. The average Bonchev–Trinajstić information content (AvgIpc) is 3.28. The van der Waals surface area contributed by atoms with E-state index in [1.807, 2.05) is 30.3 Å². The summed E-state index contributed by atoms with van der Waals surface area (Å²) in [4.78, 5) is 12.8. The Kier molecular flexibility index (Phi) is 6.64. The third-order valence-electron chi connectivity index (χ3n) is 4.39. The Hall–Kier alpha value is -1.47. The fraction of sp³-hybridized carbons (Fsp3) is 0.316. The van der Waals surface area contributed by atoms with E-state index >= 15 is 0 Å². The minimum absolute atomic E-state index is 0. The normalized spacial score (nSPS) is 17.0. The van der Waals surface area contributed by atoms with E-state index in [4.69, 9.17) is 4.42 Å². The van der Waals surface area contributed by atoms with Crippen molar-refractivity contribution in [2.45, 2.75) is 28.8 Å². The van der Waals surface area contributed by atoms with E-state index < -0.39 is 0 Å². The highest BCUT2D eigenvalue weighted by Gasteiger charge is 2.23. The Balaban J connectivity index is 0.00000196. The van der Waals surface area contributed by atoms with Gasteiger partial charge >= 0.3 is 0 Å². The largest absolute Gasteiger partial charge is 0.451 e. The molecule has 2 aromatic heterocycles. The van der Waals surface area contributed by atoms with Crippen LogP contribution < -0.4 is 10.6 Å². The van der Waals surface area contributed by atoms with E-state index in [-0.39, 0.29) is 24.4 Å². The minimum Gasteiger partial charge on any atom is -0.451 e. The summed E-state index contributed by atoms with van der Waals surface area (Å²) in [6.45, 7) is 1.85. The van der Waals surface area contributed by atoms with Gasteiger partial charge in [-0.2, -0.15) is 0 Å². The van der Waals surface area contributed by atoms with Crippen LogP contribution in [0, 0.1) is 0 Å². The van der Waals surface area contributed by atoms with Gasteiger partial charge < -0.3 is 15.1 Å². The maximum Gasteiger partial charge on any atom is 0.287 e. The molecule has 138 valence electrons. The van der Waals surface area contributed by atoms with E-state index in [2.05, 4.69) is 22.1 Å². The number of fused-ring (bicyclic) bond motifs is 1. The molecule has 3 heterocycles. The first kappa shape index (κ1) is 19.3. The number of thioether (sulfide) groups is 1. The fourth-order valence-corrected chi connectivity index (χ4v) is 4.95. The van der Waals surface area contributed by atoms with Gasteiger partial charge in [-0.1, -0.05) is 24.3 Å². The lowest BCUT2D eigenvalue weighted by molar-refractivity contribution is 0.0904. The SMILES string of the molecule is Cl.O=C(N[C@H]1CCCNC1)c1oc2ccccc2c1CSc1cccs1. The van der Waals surface area contributed by atoms with Crippen molar-refractivity contribution in [3.05, 3.63) is 53.1 Å². The first-order chi connectivity index (χ1) is 12.3. The predicted octanol–water partition coefficient (Wildman–Crippen LogP) is 4.69. The highest BCUT2D eigenvalue weighted by molar-refractivity contribution is 8.00. The molecule has 4 rings (SSSR count). The molecule has 4 nitrogen and oxygen atoms in total. The fourth-order valence-electron chi connectivity index (χ4n) is 3.14. The number of hydrogen-bond acceptors (Lipinski definition) is 5. The molecule has 1 saturated heterocycles. The van der Waals surface area contributed by atoms with Crippen molar-refractivity contribution in [2.75, 3.05) is 13.1 Å². The van der Waals surface area contributed by atoms with Crippen molar-refractivity contribution in [3.63, 3.8) is 0 Å². The number of carbonyl (C=O) groups excluding carboxylic acids is 1. The number of para-hydroxylation sites is 1. The molecule has 26 heavy (non-hydrogen) atoms. The van der Waals surface area contributed by atoms with Gasteiger partial charge in [-0.15, -0.1) is 35.5 Å². The monoisotopic (exact) mass is 408 g/mol. The molecule has 0 radical (unpaired) electrons. The number of furan rings is 1. The molecule has 7 heteroatoms. The number of piperidine rings is 1. The number of amides is 1. The number of rotatable bonds is 5. The van der Waals surface area contributed by atoms with Crippen LogP contribution in [0.3, 0.4) is 0 Å². The van der Waals surface area contributed by atoms with Gasteiger partial charge in [0.25, 0.3) is 5.91 Å². The summed E-state index contributed by atoms with van der Waals surface area (Å²) in [6.07, 6.45) is 2.10. The minimum atomic E-state index is -0.105. The molecule has 1 aliphatic heterocycles. The van der Waals surface area contributed by atoms with Crippen LogP contribution in [0.5, 0.6) is 0 Å². The third kappa shape index (κ3) is 4.26. The Morgan fingerprint density at radius 1 is 1.31 bits per heavy atom. The van der Waals surface area contributed by atoms with Gasteiger partial charge in [0.05, 0.1) is 4.21 Å². The van der Waals surface area contributed by atoms with Crippen LogP contribution >= 0.6 is 35.5 Å². The van der Waals surface area contributed by atoms with Crippen LogP contribution in [-0.2, 0) is 5.75 Å². The van der Waals surface area contributed by atoms with Gasteiger partial charge in [0.2, 0.25) is 0 Å². The Labute approximate surface area is 167 Å². The molecule has 0 spiro atoms. The van der Waals surface area contributed by atoms with Crippen molar-refractivity contribution in [3.8, 4) is 0 Å². The van der Waals surface area contributed by atoms with Crippen LogP contribution in [-0.4, -0.2) is 25.0 Å². The molecule has 2 N–H and O–H groups in total. The van der Waals surface area contributed by atoms with Crippen LogP contribution in [0.4, 0.5) is 0 Å². The van der Waals surface area contributed by atoms with Crippen LogP contribution in [0.15, 0.2) is 50.4 Å². The van der Waals surface area contributed by atoms with Gasteiger partial charge in [0.15, 0.2) is 5.76 Å². The average molecular weight is 409 g/mol. The van der Waals surface area contributed by atoms with Crippen molar-refractivity contribution in [1.82, 2.24) is 10.6 Å². The quantitative estimate of drug-likeness (QED) is 0.601. The van der Waals surface area contributed by atoms with Crippen molar-refractivity contribution >= 4 is 52.4 Å². The van der Waals surface area contributed by atoms with E-state index in [1.54, 1.807) is 23.1 Å². The summed E-state index contributed by atoms with van der Waals surface area (Å²) in [5, 5.41) is 9.55. The zero-order valence-corrected chi connectivity index (χ0v) is 16.6. The molecule has 3 aromatic rings. The van der Waals surface area contributed by atoms with E-state index in [0.717, 1.165) is 48.2 Å². The Bertz CT molecular complexity index is 858. The molecule has 1 amide bonds. The smallest absolute Gasteiger partial charge is 0.287 e. The Morgan fingerprint density at radius 3 is 2.96 bits per heavy atom. The van der Waals surface area contributed by atoms with Gasteiger partial charge in [-0.05, 0) is 36.9 Å². The van der Waals surface area contributed by atoms with Gasteiger partial charge in [-0.3, -0.25) is 4.79 Å². The van der Waals surface area contributed by atoms with Crippen molar-refractivity contribution in [1.29, 1.82) is 0 Å². The standard InChI is InChI=1S/C19H20N2O2S2.ClH/c22-19(21-13-5-3-9-20-11-13)18-15(12-25-17-8-4-10-24-17)14-6-1-2-7-16(14)23-18;/h1-2,4,6-8,10,13,20H,3,5,9,11-12H2,(H,21,22);1H/t13-;/m0./s1. The summed E-state index contributed by atoms with van der Waals surface area (Å²) >= 11 is 3.46. The number of thiophene rings is 1. The van der Waals surface area contributed by atoms with Crippen LogP contribution in [0.2, 0.25) is 0 Å². The van der Waals surface area contributed by atoms with Gasteiger partial charge in [-0.25, -0.2) is 0 Å². The second-order valence-electron chi connectivity index (χ2n) is 6.14. The number of halogens is 1. The lowest BCUT2D eigenvalue weighted by atomic mass is 10.1. The number of nitrogens with one attached hydrogen (secondary N) is 2. The third-order valence-corrected chi connectivity index (χ3v) is 6.55. The lowest BCUT2D eigenvalue weighted by Crippen LogP contribution is -2.45. The maximum absolute atomic E-state index is 12.8.